The van der Waals surface area contributed by atoms with Crippen LogP contribution in [-0.4, -0.2) is 18.0 Å². The van der Waals surface area contributed by atoms with Crippen molar-refractivity contribution in [3.63, 3.8) is 0 Å². The molecular formula is C8H10O2. The number of hydrogen-bond acceptors (Lipinski definition) is 2. The molecule has 0 aliphatic carbocycles. The van der Waals surface area contributed by atoms with Gasteiger partial charge in [0.25, 0.3) is 0 Å². The smallest absolute Gasteiger partial charge is 0.135 e. The quantitative estimate of drug-likeness (QED) is 0.503. The van der Waals surface area contributed by atoms with Crippen LogP contribution in [0.1, 0.15) is 13.3 Å². The van der Waals surface area contributed by atoms with Gasteiger partial charge in [-0.15, -0.1) is 0 Å². The zero-order chi connectivity index (χ0) is 7.14. The van der Waals surface area contributed by atoms with E-state index in [1.165, 1.54) is 0 Å². The van der Waals surface area contributed by atoms with E-state index < -0.39 is 0 Å². The van der Waals surface area contributed by atoms with Gasteiger partial charge in [0.1, 0.15) is 5.78 Å². The van der Waals surface area contributed by atoms with E-state index in [1.54, 1.807) is 6.92 Å². The maximum atomic E-state index is 10.9. The zero-order valence-corrected chi connectivity index (χ0v) is 5.91. The summed E-state index contributed by atoms with van der Waals surface area (Å²) in [4.78, 5) is 10.9. The summed E-state index contributed by atoms with van der Waals surface area (Å²) in [6.07, 6.45) is 5.28. The van der Waals surface area contributed by atoms with Gasteiger partial charge < -0.3 is 4.74 Å². The second-order valence-electron chi connectivity index (χ2n) is 2.98. The second-order valence-corrected chi connectivity index (χ2v) is 2.98. The van der Waals surface area contributed by atoms with Gasteiger partial charge in [0.05, 0.1) is 18.1 Å². The lowest BCUT2D eigenvalue weighted by atomic mass is 9.91. The first-order valence-corrected chi connectivity index (χ1v) is 3.61. The Balaban J connectivity index is 2.16. The zero-order valence-electron chi connectivity index (χ0n) is 5.91. The number of fused-ring (bicyclic) bond motifs is 2. The van der Waals surface area contributed by atoms with E-state index in [2.05, 4.69) is 0 Å². The summed E-state index contributed by atoms with van der Waals surface area (Å²) in [5.74, 6) is 0.409. The molecule has 0 radical (unpaired) electrons. The highest BCUT2D eigenvalue weighted by Gasteiger charge is 2.38. The molecule has 3 atom stereocenters. The number of carbonyl (C=O) groups excluding carboxylic acids is 1. The van der Waals surface area contributed by atoms with Crippen LogP contribution in [0, 0.1) is 5.92 Å². The van der Waals surface area contributed by atoms with E-state index in [0.717, 1.165) is 6.42 Å². The van der Waals surface area contributed by atoms with Crippen LogP contribution in [-0.2, 0) is 9.53 Å². The topological polar surface area (TPSA) is 26.3 Å². The third kappa shape index (κ3) is 0.721. The summed E-state index contributed by atoms with van der Waals surface area (Å²) in [5, 5.41) is 0. The number of hydrogen-bond donors (Lipinski definition) is 0. The molecule has 2 aliphatic rings. The Morgan fingerprint density at radius 1 is 1.60 bits per heavy atom. The summed E-state index contributed by atoms with van der Waals surface area (Å²) in [6.45, 7) is 1.64. The van der Waals surface area contributed by atoms with Crippen LogP contribution in [0.5, 0.6) is 0 Å². The van der Waals surface area contributed by atoms with Crippen LogP contribution in [0.25, 0.3) is 0 Å². The van der Waals surface area contributed by atoms with Gasteiger partial charge in [0, 0.05) is 0 Å². The van der Waals surface area contributed by atoms with Gasteiger partial charge in [-0.05, 0) is 13.3 Å². The molecule has 0 aromatic carbocycles. The van der Waals surface area contributed by atoms with Crippen molar-refractivity contribution in [3.05, 3.63) is 12.2 Å². The van der Waals surface area contributed by atoms with Crippen LogP contribution in [0.15, 0.2) is 12.2 Å². The second kappa shape index (κ2) is 1.92. The fourth-order valence-electron chi connectivity index (χ4n) is 1.67. The predicted octanol–water partition coefficient (Wildman–Crippen LogP) is 0.919. The van der Waals surface area contributed by atoms with Crippen molar-refractivity contribution in [1.29, 1.82) is 0 Å². The Morgan fingerprint density at radius 2 is 2.40 bits per heavy atom. The first-order valence-electron chi connectivity index (χ1n) is 3.61. The molecule has 0 aromatic heterocycles. The Hall–Kier alpha value is -0.630. The minimum absolute atomic E-state index is 0.0995. The van der Waals surface area contributed by atoms with E-state index in [-0.39, 0.29) is 23.9 Å². The van der Waals surface area contributed by atoms with Gasteiger partial charge in [0.15, 0.2) is 0 Å². The normalized spacial score (nSPS) is 42.7. The summed E-state index contributed by atoms with van der Waals surface area (Å²) < 4.78 is 5.41. The minimum Gasteiger partial charge on any atom is -0.366 e. The Kier molecular flexibility index (Phi) is 1.17. The molecular weight excluding hydrogens is 128 g/mol. The van der Waals surface area contributed by atoms with Crippen LogP contribution in [0.4, 0.5) is 0 Å². The molecule has 0 spiro atoms. The van der Waals surface area contributed by atoms with Crippen LogP contribution in [0.2, 0.25) is 0 Å². The van der Waals surface area contributed by atoms with Crippen LogP contribution >= 0.6 is 0 Å². The molecule has 2 heterocycles. The fraction of sp³-hybridized carbons (Fsp3) is 0.625. The monoisotopic (exact) mass is 138 g/mol. The Labute approximate surface area is 59.9 Å². The maximum absolute atomic E-state index is 10.9. The van der Waals surface area contributed by atoms with Crippen molar-refractivity contribution < 1.29 is 9.53 Å². The maximum Gasteiger partial charge on any atom is 0.135 e. The van der Waals surface area contributed by atoms with E-state index in [0.29, 0.717) is 0 Å². The molecule has 2 aliphatic heterocycles. The molecule has 2 bridgehead atoms. The van der Waals surface area contributed by atoms with Crippen molar-refractivity contribution in [2.75, 3.05) is 0 Å². The summed E-state index contributed by atoms with van der Waals surface area (Å²) in [5.41, 5.74) is 0. The largest absolute Gasteiger partial charge is 0.366 e. The van der Waals surface area contributed by atoms with Gasteiger partial charge in [-0.2, -0.15) is 0 Å². The van der Waals surface area contributed by atoms with E-state index in [9.17, 15) is 4.79 Å². The highest BCUT2D eigenvalue weighted by atomic mass is 16.5. The average molecular weight is 138 g/mol. The number of carbonyl (C=O) groups is 1. The average Bonchev–Trinajstić information content (AvgIpc) is 2.44. The number of ketones is 1. The summed E-state index contributed by atoms with van der Waals surface area (Å²) in [6, 6.07) is 0. The fourth-order valence-corrected chi connectivity index (χ4v) is 1.67. The van der Waals surface area contributed by atoms with Crippen molar-refractivity contribution in [2.45, 2.75) is 25.6 Å². The number of ether oxygens (including phenoxy) is 1. The summed E-state index contributed by atoms with van der Waals surface area (Å²) in [7, 11) is 0. The highest BCUT2D eigenvalue weighted by Crippen LogP contribution is 2.33. The Bertz CT molecular complexity index is 195. The van der Waals surface area contributed by atoms with E-state index >= 15 is 0 Å². The minimum atomic E-state index is 0.0995. The molecule has 2 nitrogen and oxygen atoms in total. The molecule has 54 valence electrons. The third-order valence-corrected chi connectivity index (χ3v) is 2.25. The lowest BCUT2D eigenvalue weighted by molar-refractivity contribution is -0.121. The molecule has 0 N–H and O–H groups in total. The van der Waals surface area contributed by atoms with Gasteiger partial charge in [-0.1, -0.05) is 12.2 Å². The molecule has 1 saturated heterocycles. The summed E-state index contributed by atoms with van der Waals surface area (Å²) >= 11 is 0. The van der Waals surface area contributed by atoms with Crippen molar-refractivity contribution in [1.82, 2.24) is 0 Å². The molecule has 0 amide bonds. The van der Waals surface area contributed by atoms with E-state index in [1.807, 2.05) is 12.2 Å². The molecule has 2 rings (SSSR count). The predicted molar refractivity (Wildman–Crippen MR) is 36.6 cm³/mol. The molecule has 2 heteroatoms. The highest BCUT2D eigenvalue weighted by molar-refractivity contribution is 5.79. The molecule has 0 unspecified atom stereocenters. The number of Topliss-reactive ketones (excluding diaryl/α,β-unsaturated/α-hetero) is 1. The lowest BCUT2D eigenvalue weighted by Gasteiger charge is -2.09. The molecule has 0 aromatic rings. The SMILES string of the molecule is CC(=O)[C@@H]1C[C@@H]2C=C[C@H]1O2. The molecule has 10 heavy (non-hydrogen) atoms. The van der Waals surface area contributed by atoms with Crippen molar-refractivity contribution in [2.24, 2.45) is 5.92 Å². The Morgan fingerprint density at radius 3 is 2.70 bits per heavy atom. The van der Waals surface area contributed by atoms with Gasteiger partial charge in [-0.3, -0.25) is 4.79 Å². The molecule has 0 saturated carbocycles. The lowest BCUT2D eigenvalue weighted by Crippen LogP contribution is -2.20. The van der Waals surface area contributed by atoms with E-state index in [4.69, 9.17) is 4.74 Å². The van der Waals surface area contributed by atoms with Crippen molar-refractivity contribution in [3.8, 4) is 0 Å². The van der Waals surface area contributed by atoms with Crippen LogP contribution in [0.3, 0.4) is 0 Å². The van der Waals surface area contributed by atoms with Gasteiger partial charge in [0.2, 0.25) is 0 Å². The number of rotatable bonds is 1. The van der Waals surface area contributed by atoms with Gasteiger partial charge in [-0.25, -0.2) is 0 Å². The molecule has 1 fully saturated rings. The van der Waals surface area contributed by atoms with Crippen molar-refractivity contribution >= 4 is 5.78 Å². The standard InChI is InChI=1S/C8H10O2/c1-5(9)7-4-6-2-3-8(7)10-6/h2-3,6-8H,4H2,1H3/t6-,7-,8+/m0/s1. The van der Waals surface area contributed by atoms with Gasteiger partial charge >= 0.3 is 0 Å². The van der Waals surface area contributed by atoms with Crippen LogP contribution < -0.4 is 0 Å². The third-order valence-electron chi connectivity index (χ3n) is 2.25. The first-order chi connectivity index (χ1) is 4.77. The first kappa shape index (κ1) is 6.10.